The average Bonchev–Trinajstić information content (AvgIpc) is 2.28. The van der Waals surface area contributed by atoms with E-state index in [-0.39, 0.29) is 6.04 Å². The van der Waals surface area contributed by atoms with Crippen LogP contribution >= 0.6 is 0 Å². The summed E-state index contributed by atoms with van der Waals surface area (Å²) in [6, 6.07) is 8.66. The Labute approximate surface area is 90.3 Å². The van der Waals surface area contributed by atoms with Crippen LogP contribution in [0.25, 0.3) is 0 Å². The fraction of sp³-hybridized carbons (Fsp3) is 0.538. The van der Waals surface area contributed by atoms with Crippen molar-refractivity contribution in [2.24, 2.45) is 0 Å². The van der Waals surface area contributed by atoms with E-state index in [0.29, 0.717) is 0 Å². The van der Waals surface area contributed by atoms with E-state index in [1.807, 2.05) is 0 Å². The van der Waals surface area contributed by atoms with Crippen molar-refractivity contribution in [3.8, 4) is 0 Å². The van der Waals surface area contributed by atoms with Gasteiger partial charge in [-0.05, 0) is 43.4 Å². The van der Waals surface area contributed by atoms with Crippen LogP contribution < -0.4 is 5.32 Å². The molecule has 1 aromatic rings. The van der Waals surface area contributed by atoms with Crippen LogP contribution in [0.3, 0.4) is 0 Å². The Bertz CT molecular complexity index is 377. The third-order valence-electron chi connectivity index (χ3n) is 3.87. The van der Waals surface area contributed by atoms with Crippen LogP contribution in [0.15, 0.2) is 24.3 Å². The van der Waals surface area contributed by atoms with E-state index >= 15 is 0 Å². The molecule has 1 heterocycles. The van der Waals surface area contributed by atoms with E-state index < -0.39 is 5.60 Å². The first-order chi connectivity index (χ1) is 7.30. The molecule has 0 bridgehead atoms. The molecule has 2 heteroatoms. The van der Waals surface area contributed by atoms with Gasteiger partial charge in [0.15, 0.2) is 0 Å². The summed E-state index contributed by atoms with van der Waals surface area (Å²) in [6.45, 7) is 1.03. The molecule has 2 N–H and O–H groups in total. The van der Waals surface area contributed by atoms with Crippen molar-refractivity contribution in [1.29, 1.82) is 0 Å². The maximum atomic E-state index is 10.6. The molecule has 0 saturated carbocycles. The SMILES string of the molecule is O[C@]12CCCN[C@@H]1c1ccccc1CC2. The number of rotatable bonds is 0. The molecule has 0 amide bonds. The van der Waals surface area contributed by atoms with E-state index in [9.17, 15) is 5.11 Å². The van der Waals surface area contributed by atoms with E-state index in [1.165, 1.54) is 11.1 Å². The topological polar surface area (TPSA) is 32.3 Å². The lowest BCUT2D eigenvalue weighted by atomic mass is 9.72. The molecule has 0 aromatic heterocycles. The number of hydrogen-bond donors (Lipinski definition) is 2. The third-order valence-corrected chi connectivity index (χ3v) is 3.87. The van der Waals surface area contributed by atoms with Crippen LogP contribution in [0, 0.1) is 0 Å². The van der Waals surface area contributed by atoms with Crippen molar-refractivity contribution in [2.45, 2.75) is 37.3 Å². The van der Waals surface area contributed by atoms with Gasteiger partial charge in [-0.3, -0.25) is 0 Å². The summed E-state index contributed by atoms with van der Waals surface area (Å²) in [5.41, 5.74) is 2.22. The van der Waals surface area contributed by atoms with Gasteiger partial charge in [-0.2, -0.15) is 0 Å². The van der Waals surface area contributed by atoms with Crippen LogP contribution in [-0.2, 0) is 6.42 Å². The molecule has 80 valence electrons. The van der Waals surface area contributed by atoms with Crippen molar-refractivity contribution in [2.75, 3.05) is 6.54 Å². The van der Waals surface area contributed by atoms with Crippen molar-refractivity contribution < 1.29 is 5.11 Å². The molecule has 1 saturated heterocycles. The zero-order chi connectivity index (χ0) is 10.3. The first kappa shape index (κ1) is 9.37. The Balaban J connectivity index is 2.05. The molecule has 2 aliphatic rings. The lowest BCUT2D eigenvalue weighted by molar-refractivity contribution is -0.0374. The highest BCUT2D eigenvalue weighted by molar-refractivity contribution is 5.35. The minimum atomic E-state index is -0.493. The van der Waals surface area contributed by atoms with Crippen LogP contribution in [0.1, 0.15) is 36.4 Å². The molecule has 1 fully saturated rings. The molecule has 2 atom stereocenters. The molecule has 0 spiro atoms. The fourth-order valence-electron chi connectivity index (χ4n) is 3.04. The average molecular weight is 203 g/mol. The van der Waals surface area contributed by atoms with Crippen LogP contribution in [-0.4, -0.2) is 17.3 Å². The van der Waals surface area contributed by atoms with Crippen molar-refractivity contribution >= 4 is 0 Å². The summed E-state index contributed by atoms with van der Waals surface area (Å²) >= 11 is 0. The lowest BCUT2D eigenvalue weighted by Crippen LogP contribution is -2.51. The van der Waals surface area contributed by atoms with Crippen molar-refractivity contribution in [1.82, 2.24) is 5.32 Å². The number of fused-ring (bicyclic) bond motifs is 3. The largest absolute Gasteiger partial charge is 0.388 e. The van der Waals surface area contributed by atoms with Crippen LogP contribution in [0.4, 0.5) is 0 Å². The predicted octanol–water partition coefficient (Wildman–Crippen LogP) is 1.79. The third kappa shape index (κ3) is 1.40. The number of hydrogen-bond acceptors (Lipinski definition) is 2. The van der Waals surface area contributed by atoms with Crippen molar-refractivity contribution in [3.05, 3.63) is 35.4 Å². The van der Waals surface area contributed by atoms with Crippen molar-refractivity contribution in [3.63, 3.8) is 0 Å². The summed E-state index contributed by atoms with van der Waals surface area (Å²) in [7, 11) is 0. The zero-order valence-electron chi connectivity index (χ0n) is 8.87. The van der Waals surface area contributed by atoms with Gasteiger partial charge in [-0.25, -0.2) is 0 Å². The van der Waals surface area contributed by atoms with Gasteiger partial charge < -0.3 is 10.4 Å². The molecular weight excluding hydrogens is 186 g/mol. The number of nitrogens with one attached hydrogen (secondary N) is 1. The molecule has 1 aromatic carbocycles. The number of aliphatic hydroxyl groups is 1. The number of piperidine rings is 1. The van der Waals surface area contributed by atoms with Gasteiger partial charge in [0.05, 0.1) is 11.6 Å². The maximum Gasteiger partial charge on any atom is 0.0845 e. The Morgan fingerprint density at radius 3 is 3.07 bits per heavy atom. The summed E-state index contributed by atoms with van der Waals surface area (Å²) < 4.78 is 0. The van der Waals surface area contributed by atoms with Gasteiger partial charge in [0.2, 0.25) is 0 Å². The molecule has 1 aliphatic carbocycles. The first-order valence-corrected chi connectivity index (χ1v) is 5.83. The number of aryl methyl sites for hydroxylation is 1. The van der Waals surface area contributed by atoms with E-state index in [1.54, 1.807) is 0 Å². The smallest absolute Gasteiger partial charge is 0.0845 e. The van der Waals surface area contributed by atoms with Gasteiger partial charge >= 0.3 is 0 Å². The predicted molar refractivity (Wildman–Crippen MR) is 59.7 cm³/mol. The molecule has 3 rings (SSSR count). The van der Waals surface area contributed by atoms with Gasteiger partial charge in [-0.15, -0.1) is 0 Å². The van der Waals surface area contributed by atoms with Gasteiger partial charge in [0, 0.05) is 0 Å². The molecule has 2 nitrogen and oxygen atoms in total. The highest BCUT2D eigenvalue weighted by Crippen LogP contribution is 2.41. The molecule has 1 aliphatic heterocycles. The van der Waals surface area contributed by atoms with Crippen LogP contribution in [0.2, 0.25) is 0 Å². The molecule has 0 radical (unpaired) electrons. The highest BCUT2D eigenvalue weighted by atomic mass is 16.3. The van der Waals surface area contributed by atoms with Gasteiger partial charge in [0.25, 0.3) is 0 Å². The highest BCUT2D eigenvalue weighted by Gasteiger charge is 2.42. The monoisotopic (exact) mass is 203 g/mol. The Morgan fingerprint density at radius 1 is 1.27 bits per heavy atom. The van der Waals surface area contributed by atoms with E-state index in [0.717, 1.165) is 32.2 Å². The summed E-state index contributed by atoms with van der Waals surface area (Å²) in [4.78, 5) is 0. The first-order valence-electron chi connectivity index (χ1n) is 5.83. The zero-order valence-corrected chi connectivity index (χ0v) is 8.87. The maximum absolute atomic E-state index is 10.6. The second kappa shape index (κ2) is 3.32. The molecule has 15 heavy (non-hydrogen) atoms. The van der Waals surface area contributed by atoms with Gasteiger partial charge in [-0.1, -0.05) is 24.3 Å². The normalized spacial score (nSPS) is 34.3. The molecular formula is C13H17NO. The minimum Gasteiger partial charge on any atom is -0.388 e. The Morgan fingerprint density at radius 2 is 2.13 bits per heavy atom. The Kier molecular flexibility index (Phi) is 2.08. The van der Waals surface area contributed by atoms with E-state index in [2.05, 4.69) is 29.6 Å². The standard InChI is InChI=1S/C13H17NO/c15-13-7-3-9-14-12(13)11-5-2-1-4-10(11)6-8-13/h1-2,4-5,12,14-15H,3,6-9H2/t12-,13+/m1/s1. The van der Waals surface area contributed by atoms with E-state index in [4.69, 9.17) is 0 Å². The second-order valence-corrected chi connectivity index (χ2v) is 4.79. The fourth-order valence-corrected chi connectivity index (χ4v) is 3.04. The summed E-state index contributed by atoms with van der Waals surface area (Å²) in [5, 5.41) is 14.0. The molecule has 0 unspecified atom stereocenters. The number of benzene rings is 1. The Hall–Kier alpha value is -0.860. The second-order valence-electron chi connectivity index (χ2n) is 4.79. The lowest BCUT2D eigenvalue weighted by Gasteiger charge is -2.45. The summed E-state index contributed by atoms with van der Waals surface area (Å²) in [6.07, 6.45) is 3.96. The summed E-state index contributed by atoms with van der Waals surface area (Å²) in [5.74, 6) is 0. The minimum absolute atomic E-state index is 0.163. The quantitative estimate of drug-likeness (QED) is 0.673. The van der Waals surface area contributed by atoms with Crippen LogP contribution in [0.5, 0.6) is 0 Å². The van der Waals surface area contributed by atoms with Gasteiger partial charge in [0.1, 0.15) is 0 Å².